The first kappa shape index (κ1) is 15.3. The van der Waals surface area contributed by atoms with Gasteiger partial charge in [-0.1, -0.05) is 12.5 Å². The molecule has 1 fully saturated rings. The van der Waals surface area contributed by atoms with Crippen LogP contribution < -0.4 is 10.6 Å². The maximum atomic E-state index is 12.5. The Morgan fingerprint density at radius 2 is 1.95 bits per heavy atom. The lowest BCUT2D eigenvalue weighted by molar-refractivity contribution is -0.137. The van der Waals surface area contributed by atoms with E-state index in [0.29, 0.717) is 0 Å². The predicted octanol–water partition coefficient (Wildman–Crippen LogP) is 2.56. The van der Waals surface area contributed by atoms with Gasteiger partial charge in [0.1, 0.15) is 0 Å². The van der Waals surface area contributed by atoms with Crippen molar-refractivity contribution in [1.82, 2.24) is 5.32 Å². The third-order valence-electron chi connectivity index (χ3n) is 3.37. The number of benzene rings is 1. The molecule has 0 bridgehead atoms. The quantitative estimate of drug-likeness (QED) is 0.898. The smallest absolute Gasteiger partial charge is 0.347 e. The molecule has 1 aromatic rings. The molecule has 1 aliphatic rings. The van der Waals surface area contributed by atoms with Crippen LogP contribution in [0.4, 0.5) is 18.9 Å². The van der Waals surface area contributed by atoms with Crippen LogP contribution in [0.2, 0.25) is 0 Å². The molecule has 0 atom stereocenters. The van der Waals surface area contributed by atoms with E-state index in [1.165, 1.54) is 12.1 Å². The summed E-state index contributed by atoms with van der Waals surface area (Å²) in [5.74, 6) is -0.770. The molecule has 0 spiro atoms. The second-order valence-corrected chi connectivity index (χ2v) is 4.97. The van der Waals surface area contributed by atoms with Crippen molar-refractivity contribution in [3.63, 3.8) is 0 Å². The molecule has 4 nitrogen and oxygen atoms in total. The number of hydrogen-bond acceptors (Lipinski definition) is 2. The van der Waals surface area contributed by atoms with Gasteiger partial charge >= 0.3 is 6.18 Å². The topological polar surface area (TPSA) is 58.2 Å². The summed E-state index contributed by atoms with van der Waals surface area (Å²) < 4.78 is 37.6. The SMILES string of the molecule is O=C(CNC(=O)C1CCC1)Nc1cccc(C(F)(F)F)c1. The van der Waals surface area contributed by atoms with E-state index in [4.69, 9.17) is 0 Å². The molecule has 21 heavy (non-hydrogen) atoms. The van der Waals surface area contributed by atoms with Gasteiger partial charge in [0.15, 0.2) is 0 Å². The Hall–Kier alpha value is -2.05. The average Bonchev–Trinajstić information content (AvgIpc) is 2.33. The predicted molar refractivity (Wildman–Crippen MR) is 70.4 cm³/mol. The number of halogens is 3. The van der Waals surface area contributed by atoms with Gasteiger partial charge in [-0.15, -0.1) is 0 Å². The summed E-state index contributed by atoms with van der Waals surface area (Å²) >= 11 is 0. The standard InChI is InChI=1S/C14H15F3N2O2/c15-14(16,17)10-5-2-6-11(7-10)19-12(20)8-18-13(21)9-3-1-4-9/h2,5-7,9H,1,3-4,8H2,(H,18,21)(H,19,20). The molecule has 0 radical (unpaired) electrons. The van der Waals surface area contributed by atoms with Crippen molar-refractivity contribution in [1.29, 1.82) is 0 Å². The Morgan fingerprint density at radius 1 is 1.24 bits per heavy atom. The number of alkyl halides is 3. The molecule has 0 unspecified atom stereocenters. The Labute approximate surface area is 119 Å². The van der Waals surface area contributed by atoms with Crippen molar-refractivity contribution >= 4 is 17.5 Å². The van der Waals surface area contributed by atoms with Crippen LogP contribution in [0.5, 0.6) is 0 Å². The highest BCUT2D eigenvalue weighted by Gasteiger charge is 2.30. The molecule has 7 heteroatoms. The maximum Gasteiger partial charge on any atom is 0.416 e. The minimum Gasteiger partial charge on any atom is -0.347 e. The molecule has 114 valence electrons. The summed E-state index contributed by atoms with van der Waals surface area (Å²) in [6, 6.07) is 4.35. The van der Waals surface area contributed by atoms with Crippen LogP contribution in [0.3, 0.4) is 0 Å². The van der Waals surface area contributed by atoms with E-state index in [-0.39, 0.29) is 24.1 Å². The van der Waals surface area contributed by atoms with Crippen molar-refractivity contribution in [3.8, 4) is 0 Å². The minimum atomic E-state index is -4.46. The van der Waals surface area contributed by atoms with Crippen LogP contribution in [0.1, 0.15) is 24.8 Å². The van der Waals surface area contributed by atoms with E-state index in [0.717, 1.165) is 31.4 Å². The van der Waals surface area contributed by atoms with E-state index in [2.05, 4.69) is 10.6 Å². The minimum absolute atomic E-state index is 0.0358. The summed E-state index contributed by atoms with van der Waals surface area (Å²) in [4.78, 5) is 23.1. The van der Waals surface area contributed by atoms with E-state index in [1.807, 2.05) is 0 Å². The second kappa shape index (κ2) is 6.15. The highest BCUT2D eigenvalue weighted by atomic mass is 19.4. The van der Waals surface area contributed by atoms with Crippen molar-refractivity contribution in [2.24, 2.45) is 5.92 Å². The summed E-state index contributed by atoms with van der Waals surface area (Å²) in [7, 11) is 0. The van der Waals surface area contributed by atoms with Crippen molar-refractivity contribution < 1.29 is 22.8 Å². The molecule has 2 amide bonds. The number of nitrogens with one attached hydrogen (secondary N) is 2. The van der Waals surface area contributed by atoms with Crippen LogP contribution in [-0.4, -0.2) is 18.4 Å². The number of hydrogen-bond donors (Lipinski definition) is 2. The molecule has 1 aromatic carbocycles. The van der Waals surface area contributed by atoms with Crippen LogP contribution in [0, 0.1) is 5.92 Å². The van der Waals surface area contributed by atoms with E-state index in [1.54, 1.807) is 0 Å². The monoisotopic (exact) mass is 300 g/mol. The maximum absolute atomic E-state index is 12.5. The number of rotatable bonds is 4. The average molecular weight is 300 g/mol. The van der Waals surface area contributed by atoms with Crippen molar-refractivity contribution in [2.45, 2.75) is 25.4 Å². The van der Waals surface area contributed by atoms with Crippen molar-refractivity contribution in [2.75, 3.05) is 11.9 Å². The fraction of sp³-hybridized carbons (Fsp3) is 0.429. The third kappa shape index (κ3) is 4.21. The Balaban J connectivity index is 1.86. The first-order valence-corrected chi connectivity index (χ1v) is 6.61. The van der Waals surface area contributed by atoms with Gasteiger partial charge in [-0.3, -0.25) is 9.59 Å². The summed E-state index contributed by atoms with van der Waals surface area (Å²) in [5.41, 5.74) is -0.786. The Bertz CT molecular complexity index is 539. The first-order chi connectivity index (χ1) is 9.86. The van der Waals surface area contributed by atoms with Gasteiger partial charge in [0.2, 0.25) is 11.8 Å². The van der Waals surface area contributed by atoms with Gasteiger partial charge in [-0.2, -0.15) is 13.2 Å². The van der Waals surface area contributed by atoms with Crippen LogP contribution in [-0.2, 0) is 15.8 Å². The molecule has 0 aromatic heterocycles. The number of carbonyl (C=O) groups excluding carboxylic acids is 2. The van der Waals surface area contributed by atoms with Gasteiger partial charge in [-0.05, 0) is 31.0 Å². The third-order valence-corrected chi connectivity index (χ3v) is 3.37. The van der Waals surface area contributed by atoms with E-state index < -0.39 is 17.6 Å². The fourth-order valence-electron chi connectivity index (χ4n) is 1.96. The summed E-state index contributed by atoms with van der Waals surface area (Å²) in [6.07, 6.45) is -1.81. The van der Waals surface area contributed by atoms with Gasteiger partial charge < -0.3 is 10.6 Å². The Kier molecular flexibility index (Phi) is 4.50. The molecule has 0 saturated heterocycles. The number of amides is 2. The number of carbonyl (C=O) groups is 2. The zero-order valence-electron chi connectivity index (χ0n) is 11.2. The molecule has 1 saturated carbocycles. The van der Waals surface area contributed by atoms with Gasteiger partial charge in [-0.25, -0.2) is 0 Å². The normalized spacial score (nSPS) is 15.2. The van der Waals surface area contributed by atoms with Crippen molar-refractivity contribution in [3.05, 3.63) is 29.8 Å². The zero-order chi connectivity index (χ0) is 15.5. The number of anilines is 1. The fourth-order valence-corrected chi connectivity index (χ4v) is 1.96. The zero-order valence-corrected chi connectivity index (χ0v) is 11.2. The van der Waals surface area contributed by atoms with Crippen LogP contribution >= 0.6 is 0 Å². The molecule has 0 heterocycles. The van der Waals surface area contributed by atoms with Crippen LogP contribution in [0.15, 0.2) is 24.3 Å². The lowest BCUT2D eigenvalue weighted by atomic mass is 9.85. The lowest BCUT2D eigenvalue weighted by Gasteiger charge is -2.23. The molecular weight excluding hydrogens is 285 g/mol. The van der Waals surface area contributed by atoms with E-state index >= 15 is 0 Å². The molecule has 0 aliphatic heterocycles. The summed E-state index contributed by atoms with van der Waals surface area (Å²) in [6.45, 7) is -0.244. The molecule has 2 rings (SSSR count). The van der Waals surface area contributed by atoms with Gasteiger partial charge in [0, 0.05) is 11.6 Å². The first-order valence-electron chi connectivity index (χ1n) is 6.61. The Morgan fingerprint density at radius 3 is 2.52 bits per heavy atom. The van der Waals surface area contributed by atoms with E-state index in [9.17, 15) is 22.8 Å². The highest BCUT2D eigenvalue weighted by Crippen LogP contribution is 2.30. The summed E-state index contributed by atoms with van der Waals surface area (Å²) in [5, 5.41) is 4.81. The molecule has 2 N–H and O–H groups in total. The van der Waals surface area contributed by atoms with Crippen LogP contribution in [0.25, 0.3) is 0 Å². The molecular formula is C14H15F3N2O2. The van der Waals surface area contributed by atoms with Gasteiger partial charge in [0.25, 0.3) is 0 Å². The molecule has 1 aliphatic carbocycles. The van der Waals surface area contributed by atoms with Gasteiger partial charge in [0.05, 0.1) is 12.1 Å². The highest BCUT2D eigenvalue weighted by molar-refractivity contribution is 5.94. The largest absolute Gasteiger partial charge is 0.416 e. The lowest BCUT2D eigenvalue weighted by Crippen LogP contribution is -2.39. The second-order valence-electron chi connectivity index (χ2n) is 4.97.